The molecule has 2 aromatic carbocycles. The van der Waals surface area contributed by atoms with Crippen molar-refractivity contribution in [3.8, 4) is 12.0 Å². The van der Waals surface area contributed by atoms with Crippen molar-refractivity contribution in [3.63, 3.8) is 0 Å². The zero-order valence-electron chi connectivity index (χ0n) is 33.3. The summed E-state index contributed by atoms with van der Waals surface area (Å²) in [4.78, 5) is 25.7. The van der Waals surface area contributed by atoms with Gasteiger partial charge in [-0.25, -0.2) is 9.97 Å². The van der Waals surface area contributed by atoms with Crippen molar-refractivity contribution >= 4 is 57.2 Å². The van der Waals surface area contributed by atoms with E-state index < -0.39 is 43.5 Å². The standard InChI is InChI=1S/C21H26ClN5O5.C18H20ClN5O5/c1-28-10-14-16(29-2)17(30-3)20(32-14)27-11-24-15-18(23)25-21(26-19(15)27)31-9-8-12-4-6-13(22)7-5-12;19-10-3-1-9(2-4-10)5-6-28-18-22-15(20)12-16(23-18)24(8-21-12)17-14(27)13(26)11(7-25)29-17/h4-7,11,14,16-17,20H,8-10H2,1-3H3,(H2,23,25,26);1-4,8,11,13-14,17,25-27H,5-7H2,(H2,20,22,23)/t14-,16-,17-,20-;11-,13-,14-,17-/m11/s1. The number of imidazole rings is 2. The topological polar surface area (TPSA) is 265 Å². The maximum atomic E-state index is 10.3. The predicted octanol–water partition coefficient (Wildman–Crippen LogP) is 2.55. The quantitative estimate of drug-likeness (QED) is 0.0992. The third-order valence-corrected chi connectivity index (χ3v) is 10.7. The molecule has 20 nitrogen and oxygen atoms in total. The van der Waals surface area contributed by atoms with Crippen LogP contribution in [0.15, 0.2) is 61.2 Å². The first kappa shape index (κ1) is 44.1. The van der Waals surface area contributed by atoms with Gasteiger partial charge in [0, 0.05) is 44.2 Å². The van der Waals surface area contributed by atoms with Gasteiger partial charge in [-0.1, -0.05) is 47.5 Å². The molecule has 326 valence electrons. The molecule has 8 atom stereocenters. The number of nitrogen functional groups attached to an aromatic ring is 2. The van der Waals surface area contributed by atoms with Crippen LogP contribution in [0.2, 0.25) is 10.0 Å². The molecule has 0 aliphatic carbocycles. The van der Waals surface area contributed by atoms with Crippen LogP contribution in [0.4, 0.5) is 11.6 Å². The Kier molecular flexibility index (Phi) is 14.3. The van der Waals surface area contributed by atoms with E-state index in [4.69, 9.17) is 67.8 Å². The summed E-state index contributed by atoms with van der Waals surface area (Å²) in [5.41, 5.74) is 15.8. The summed E-state index contributed by atoms with van der Waals surface area (Å²) in [5, 5.41) is 30.9. The van der Waals surface area contributed by atoms with Crippen molar-refractivity contribution in [2.24, 2.45) is 0 Å². The fourth-order valence-electron chi connectivity index (χ4n) is 7.04. The molecule has 0 bridgehead atoms. The summed E-state index contributed by atoms with van der Waals surface area (Å²) in [6, 6.07) is 15.2. The molecular weight excluding hydrogens is 839 g/mol. The molecule has 0 radical (unpaired) electrons. The second kappa shape index (κ2) is 19.8. The summed E-state index contributed by atoms with van der Waals surface area (Å²) in [6.07, 6.45) is -1.70. The first-order valence-corrected chi connectivity index (χ1v) is 19.9. The Bertz CT molecular complexity index is 2370. The molecule has 22 heteroatoms. The number of halogens is 2. The molecule has 0 amide bonds. The number of nitrogens with two attached hydrogens (primary N) is 2. The second-order valence-electron chi connectivity index (χ2n) is 14.0. The molecule has 8 rings (SSSR count). The Balaban J connectivity index is 0.000000185. The van der Waals surface area contributed by atoms with Crippen LogP contribution in [0.1, 0.15) is 23.6 Å². The van der Waals surface area contributed by atoms with Crippen LogP contribution in [0.25, 0.3) is 22.3 Å². The van der Waals surface area contributed by atoms with Gasteiger partial charge in [-0.3, -0.25) is 9.13 Å². The number of anilines is 2. The van der Waals surface area contributed by atoms with Crippen LogP contribution in [0.3, 0.4) is 0 Å². The van der Waals surface area contributed by atoms with Crippen LogP contribution >= 0.6 is 23.2 Å². The average molecular weight is 886 g/mol. The van der Waals surface area contributed by atoms with Gasteiger partial charge in [0.15, 0.2) is 46.4 Å². The number of ether oxygens (including phenoxy) is 7. The summed E-state index contributed by atoms with van der Waals surface area (Å²) in [6.45, 7) is 0.618. The number of nitrogens with zero attached hydrogens (tertiary/aromatic N) is 8. The first-order chi connectivity index (χ1) is 29.5. The first-order valence-electron chi connectivity index (χ1n) is 19.1. The van der Waals surface area contributed by atoms with Gasteiger partial charge in [0.2, 0.25) is 0 Å². The largest absolute Gasteiger partial charge is 0.463 e. The van der Waals surface area contributed by atoms with Gasteiger partial charge in [0.25, 0.3) is 0 Å². The molecule has 6 heterocycles. The van der Waals surface area contributed by atoms with E-state index in [9.17, 15) is 15.3 Å². The van der Waals surface area contributed by atoms with Crippen molar-refractivity contribution in [1.29, 1.82) is 0 Å². The lowest BCUT2D eigenvalue weighted by Crippen LogP contribution is -2.36. The van der Waals surface area contributed by atoms with Gasteiger partial charge < -0.3 is 59.9 Å². The van der Waals surface area contributed by atoms with Gasteiger partial charge in [-0.15, -0.1) is 0 Å². The van der Waals surface area contributed by atoms with E-state index in [0.29, 0.717) is 59.4 Å². The normalized spacial score (nSPS) is 23.7. The SMILES string of the molecule is COC[C@H]1O[C@@H](n2cnc3c(N)nc(OCCc4ccc(Cl)cc4)nc32)[C@H](OC)[C@@H]1OC.Nc1nc(OCCc2ccc(Cl)cc2)nc2c1ncn2[C@@H]1O[C@H](CO)[C@@H](O)[C@H]1O. The molecule has 4 aromatic heterocycles. The lowest BCUT2D eigenvalue weighted by atomic mass is 10.1. The molecule has 7 N–H and O–H groups in total. The predicted molar refractivity (Wildman–Crippen MR) is 221 cm³/mol. The molecule has 0 unspecified atom stereocenters. The molecule has 2 saturated heterocycles. The van der Waals surface area contributed by atoms with E-state index in [0.717, 1.165) is 11.1 Å². The molecular formula is C39H46Cl2N10O10. The van der Waals surface area contributed by atoms with E-state index >= 15 is 0 Å². The number of methoxy groups -OCH3 is 3. The smallest absolute Gasteiger partial charge is 0.320 e. The molecule has 2 fully saturated rings. The van der Waals surface area contributed by atoms with E-state index in [1.165, 1.54) is 10.9 Å². The van der Waals surface area contributed by atoms with Crippen molar-refractivity contribution in [3.05, 3.63) is 82.4 Å². The van der Waals surface area contributed by atoms with Gasteiger partial charge >= 0.3 is 12.0 Å². The third-order valence-electron chi connectivity index (χ3n) is 10.2. The minimum atomic E-state index is -1.27. The van der Waals surface area contributed by atoms with E-state index in [1.807, 2.05) is 36.4 Å². The number of aliphatic hydroxyl groups is 3. The Morgan fingerprint density at radius 2 is 1.13 bits per heavy atom. The van der Waals surface area contributed by atoms with E-state index in [2.05, 4.69) is 29.9 Å². The number of aromatic nitrogens is 8. The van der Waals surface area contributed by atoms with Crippen LogP contribution in [0.5, 0.6) is 12.0 Å². The number of benzene rings is 2. The summed E-state index contributed by atoms with van der Waals surface area (Å²) < 4.78 is 42.9. The Morgan fingerprint density at radius 3 is 1.57 bits per heavy atom. The van der Waals surface area contributed by atoms with Crippen molar-refractivity contribution < 1.29 is 48.5 Å². The number of rotatable bonds is 15. The summed E-state index contributed by atoms with van der Waals surface area (Å²) in [7, 11) is 4.83. The van der Waals surface area contributed by atoms with Crippen molar-refractivity contribution in [2.45, 2.75) is 61.9 Å². The highest BCUT2D eigenvalue weighted by Gasteiger charge is 2.47. The van der Waals surface area contributed by atoms with Crippen LogP contribution < -0.4 is 20.9 Å². The van der Waals surface area contributed by atoms with E-state index in [1.54, 1.807) is 44.4 Å². The number of hydrogen-bond donors (Lipinski definition) is 5. The zero-order valence-corrected chi connectivity index (χ0v) is 34.8. The van der Waals surface area contributed by atoms with E-state index in [-0.39, 0.29) is 41.5 Å². The molecule has 0 saturated carbocycles. The fourth-order valence-corrected chi connectivity index (χ4v) is 7.29. The van der Waals surface area contributed by atoms with Crippen molar-refractivity contribution in [2.75, 3.05) is 59.2 Å². The van der Waals surface area contributed by atoms with Crippen molar-refractivity contribution in [1.82, 2.24) is 39.0 Å². The molecule has 2 aliphatic rings. The van der Waals surface area contributed by atoms with Gasteiger partial charge in [-0.05, 0) is 35.4 Å². The van der Waals surface area contributed by atoms with Crippen LogP contribution in [-0.2, 0) is 36.5 Å². The van der Waals surface area contributed by atoms with Gasteiger partial charge in [0.1, 0.15) is 36.6 Å². The average Bonchev–Trinajstić information content (AvgIpc) is 4.03. The highest BCUT2D eigenvalue weighted by atomic mass is 35.5. The Labute approximate surface area is 359 Å². The molecule has 6 aromatic rings. The number of fused-ring (bicyclic) bond motifs is 2. The van der Waals surface area contributed by atoms with Crippen LogP contribution in [0, 0.1) is 0 Å². The van der Waals surface area contributed by atoms with Gasteiger partial charge in [0.05, 0.1) is 39.1 Å². The summed E-state index contributed by atoms with van der Waals surface area (Å²) in [5.74, 6) is 0.334. The minimum absolute atomic E-state index is 0.0532. The lowest BCUT2D eigenvalue weighted by Gasteiger charge is -2.22. The summed E-state index contributed by atoms with van der Waals surface area (Å²) >= 11 is 11.8. The Morgan fingerprint density at radius 1 is 0.656 bits per heavy atom. The zero-order chi connectivity index (χ0) is 43.2. The third kappa shape index (κ3) is 9.73. The number of hydrogen-bond acceptors (Lipinski definition) is 18. The highest BCUT2D eigenvalue weighted by Crippen LogP contribution is 2.36. The maximum Gasteiger partial charge on any atom is 0.320 e. The maximum absolute atomic E-state index is 10.3. The monoisotopic (exact) mass is 884 g/mol. The van der Waals surface area contributed by atoms with Crippen LogP contribution in [-0.4, -0.2) is 139 Å². The molecule has 61 heavy (non-hydrogen) atoms. The van der Waals surface area contributed by atoms with Gasteiger partial charge in [-0.2, -0.15) is 19.9 Å². The second-order valence-corrected chi connectivity index (χ2v) is 14.9. The highest BCUT2D eigenvalue weighted by molar-refractivity contribution is 6.30. The fraction of sp³-hybridized carbons (Fsp3) is 0.436. The molecule has 0 spiro atoms. The lowest BCUT2D eigenvalue weighted by molar-refractivity contribution is -0.0636. The molecule has 2 aliphatic heterocycles. The number of aliphatic hydroxyl groups excluding tert-OH is 3. The Hall–Kier alpha value is -5.00. The minimum Gasteiger partial charge on any atom is -0.463 e.